The zero-order valence-corrected chi connectivity index (χ0v) is 10.3. The van der Waals surface area contributed by atoms with Gasteiger partial charge in [-0.15, -0.1) is 0 Å². The van der Waals surface area contributed by atoms with E-state index in [4.69, 9.17) is 5.73 Å². The first kappa shape index (κ1) is 12.7. The van der Waals surface area contributed by atoms with Crippen LogP contribution in [0.4, 0.5) is 11.4 Å². The van der Waals surface area contributed by atoms with Crippen LogP contribution in [0.2, 0.25) is 0 Å². The molecule has 2 rings (SSSR count). The lowest BCUT2D eigenvalue weighted by Crippen LogP contribution is -2.25. The van der Waals surface area contributed by atoms with Gasteiger partial charge in [-0.3, -0.25) is 0 Å². The first-order valence-electron chi connectivity index (χ1n) is 6.05. The van der Waals surface area contributed by atoms with E-state index in [0.29, 0.717) is 17.9 Å². The third kappa shape index (κ3) is 2.41. The van der Waals surface area contributed by atoms with Crippen LogP contribution in [-0.4, -0.2) is 35.4 Å². The van der Waals surface area contributed by atoms with E-state index < -0.39 is 5.97 Å². The van der Waals surface area contributed by atoms with Crippen molar-refractivity contribution < 1.29 is 15.0 Å². The molecular weight excluding hydrogens is 232 g/mol. The summed E-state index contributed by atoms with van der Waals surface area (Å²) < 4.78 is 0. The van der Waals surface area contributed by atoms with E-state index in [1.54, 1.807) is 19.1 Å². The van der Waals surface area contributed by atoms with Crippen LogP contribution >= 0.6 is 0 Å². The predicted molar refractivity (Wildman–Crippen MR) is 69.8 cm³/mol. The van der Waals surface area contributed by atoms with Gasteiger partial charge in [0.15, 0.2) is 0 Å². The molecule has 0 spiro atoms. The van der Waals surface area contributed by atoms with Crippen molar-refractivity contribution in [3.8, 4) is 0 Å². The number of carboxylic acids is 1. The van der Waals surface area contributed by atoms with Gasteiger partial charge >= 0.3 is 5.97 Å². The summed E-state index contributed by atoms with van der Waals surface area (Å²) in [5.41, 5.74) is 7.18. The number of anilines is 2. The minimum atomic E-state index is -0.953. The third-order valence-corrected chi connectivity index (χ3v) is 3.50. The first-order valence-corrected chi connectivity index (χ1v) is 6.05. The largest absolute Gasteiger partial charge is 0.478 e. The van der Waals surface area contributed by atoms with E-state index >= 15 is 0 Å². The number of nitrogen functional groups attached to an aromatic ring is 1. The Balaban J connectivity index is 2.28. The lowest BCUT2D eigenvalue weighted by atomic mass is 10.0. The minimum absolute atomic E-state index is 0.188. The van der Waals surface area contributed by atoms with Crippen molar-refractivity contribution in [1.82, 2.24) is 0 Å². The Hall–Kier alpha value is -1.75. The van der Waals surface area contributed by atoms with Gasteiger partial charge in [-0.1, -0.05) is 0 Å². The van der Waals surface area contributed by atoms with E-state index in [2.05, 4.69) is 0 Å². The molecule has 98 valence electrons. The number of aliphatic hydroxyl groups excluding tert-OH is 1. The van der Waals surface area contributed by atoms with Gasteiger partial charge in [0.1, 0.15) is 0 Å². The minimum Gasteiger partial charge on any atom is -0.478 e. The lowest BCUT2D eigenvalue weighted by molar-refractivity contribution is 0.0697. The standard InChI is InChI=1S/C13H18N2O3/c1-8(16)9-4-5-15(7-9)12-6-10(14)2-3-11(12)13(17)18/h2-3,6,8-9,16H,4-5,7,14H2,1H3,(H,17,18). The number of hydrogen-bond donors (Lipinski definition) is 3. The van der Waals surface area contributed by atoms with Crippen molar-refractivity contribution in [3.05, 3.63) is 23.8 Å². The number of aliphatic hydroxyl groups is 1. The molecule has 1 aliphatic rings. The van der Waals surface area contributed by atoms with Gasteiger partial charge in [-0.05, 0) is 31.5 Å². The second kappa shape index (κ2) is 4.86. The van der Waals surface area contributed by atoms with Crippen molar-refractivity contribution in [3.63, 3.8) is 0 Å². The Labute approximate surface area is 106 Å². The fraction of sp³-hybridized carbons (Fsp3) is 0.462. The first-order chi connectivity index (χ1) is 8.49. The number of aromatic carboxylic acids is 1. The Bertz CT molecular complexity index is 460. The fourth-order valence-electron chi connectivity index (χ4n) is 2.39. The second-order valence-corrected chi connectivity index (χ2v) is 4.82. The molecule has 1 aromatic carbocycles. The topological polar surface area (TPSA) is 86.8 Å². The van der Waals surface area contributed by atoms with Gasteiger partial charge in [-0.2, -0.15) is 0 Å². The molecular formula is C13H18N2O3. The number of hydrogen-bond acceptors (Lipinski definition) is 4. The Morgan fingerprint density at radius 3 is 2.83 bits per heavy atom. The van der Waals surface area contributed by atoms with Crippen LogP contribution in [0.1, 0.15) is 23.7 Å². The Kier molecular flexibility index (Phi) is 3.43. The summed E-state index contributed by atoms with van der Waals surface area (Å²) in [4.78, 5) is 13.2. The lowest BCUT2D eigenvalue weighted by Gasteiger charge is -2.22. The van der Waals surface area contributed by atoms with Gasteiger partial charge in [0.05, 0.1) is 17.4 Å². The summed E-state index contributed by atoms with van der Waals surface area (Å²) >= 11 is 0. The Morgan fingerprint density at radius 2 is 2.28 bits per heavy atom. The molecule has 1 heterocycles. The molecule has 0 amide bonds. The highest BCUT2D eigenvalue weighted by Crippen LogP contribution is 2.30. The third-order valence-electron chi connectivity index (χ3n) is 3.50. The Morgan fingerprint density at radius 1 is 1.56 bits per heavy atom. The van der Waals surface area contributed by atoms with Crippen molar-refractivity contribution in [2.45, 2.75) is 19.4 Å². The number of rotatable bonds is 3. The van der Waals surface area contributed by atoms with Crippen molar-refractivity contribution >= 4 is 17.3 Å². The van der Waals surface area contributed by atoms with Crippen LogP contribution in [0.3, 0.4) is 0 Å². The predicted octanol–water partition coefficient (Wildman–Crippen LogP) is 1.17. The van der Waals surface area contributed by atoms with E-state index in [-0.39, 0.29) is 17.6 Å². The van der Waals surface area contributed by atoms with Crippen molar-refractivity contribution in [2.24, 2.45) is 5.92 Å². The molecule has 0 radical (unpaired) electrons. The van der Waals surface area contributed by atoms with Crippen molar-refractivity contribution in [1.29, 1.82) is 0 Å². The van der Waals surface area contributed by atoms with Gasteiger partial charge < -0.3 is 20.8 Å². The molecule has 2 unspecified atom stereocenters. The highest BCUT2D eigenvalue weighted by Gasteiger charge is 2.28. The van der Waals surface area contributed by atoms with Gasteiger partial charge in [-0.25, -0.2) is 4.79 Å². The van der Waals surface area contributed by atoms with Gasteiger partial charge in [0.25, 0.3) is 0 Å². The summed E-state index contributed by atoms with van der Waals surface area (Å²) in [5, 5.41) is 18.8. The van der Waals surface area contributed by atoms with E-state index in [1.165, 1.54) is 6.07 Å². The molecule has 0 saturated carbocycles. The molecule has 4 N–H and O–H groups in total. The van der Waals surface area contributed by atoms with Crippen LogP contribution in [0.5, 0.6) is 0 Å². The average molecular weight is 250 g/mol. The number of benzene rings is 1. The molecule has 5 heteroatoms. The maximum absolute atomic E-state index is 11.2. The van der Waals surface area contributed by atoms with Gasteiger partial charge in [0, 0.05) is 24.7 Å². The highest BCUT2D eigenvalue weighted by atomic mass is 16.4. The molecule has 1 aliphatic heterocycles. The molecule has 0 aliphatic carbocycles. The van der Waals surface area contributed by atoms with Crippen LogP contribution in [-0.2, 0) is 0 Å². The number of carbonyl (C=O) groups is 1. The average Bonchev–Trinajstić information content (AvgIpc) is 2.77. The van der Waals surface area contributed by atoms with Crippen molar-refractivity contribution in [2.75, 3.05) is 23.7 Å². The summed E-state index contributed by atoms with van der Waals surface area (Å²) in [7, 11) is 0. The maximum atomic E-state index is 11.2. The molecule has 0 bridgehead atoms. The summed E-state index contributed by atoms with van der Waals surface area (Å²) in [5.74, 6) is -0.765. The molecule has 5 nitrogen and oxygen atoms in total. The zero-order chi connectivity index (χ0) is 13.3. The van der Waals surface area contributed by atoms with Crippen LogP contribution in [0.25, 0.3) is 0 Å². The molecule has 2 atom stereocenters. The maximum Gasteiger partial charge on any atom is 0.337 e. The second-order valence-electron chi connectivity index (χ2n) is 4.82. The quantitative estimate of drug-likeness (QED) is 0.701. The van der Waals surface area contributed by atoms with E-state index in [0.717, 1.165) is 13.0 Å². The van der Waals surface area contributed by atoms with Crippen LogP contribution in [0, 0.1) is 5.92 Å². The molecule has 18 heavy (non-hydrogen) atoms. The molecule has 1 aromatic rings. The summed E-state index contributed by atoms with van der Waals surface area (Å²) in [6, 6.07) is 4.81. The normalized spacial score (nSPS) is 21.0. The zero-order valence-electron chi connectivity index (χ0n) is 10.3. The number of nitrogens with zero attached hydrogens (tertiary/aromatic N) is 1. The van der Waals surface area contributed by atoms with Crippen LogP contribution in [0.15, 0.2) is 18.2 Å². The number of carboxylic acid groups (broad SMARTS) is 1. The molecule has 1 fully saturated rings. The SMILES string of the molecule is CC(O)C1CCN(c2cc(N)ccc2C(=O)O)C1. The van der Waals surface area contributed by atoms with Crippen LogP contribution < -0.4 is 10.6 Å². The number of nitrogens with two attached hydrogens (primary N) is 1. The monoisotopic (exact) mass is 250 g/mol. The summed E-state index contributed by atoms with van der Waals surface area (Å²) in [6.45, 7) is 3.19. The molecule has 1 saturated heterocycles. The molecule has 0 aromatic heterocycles. The fourth-order valence-corrected chi connectivity index (χ4v) is 2.39. The summed E-state index contributed by atoms with van der Waals surface area (Å²) in [6.07, 6.45) is 0.496. The smallest absolute Gasteiger partial charge is 0.337 e. The van der Waals surface area contributed by atoms with Gasteiger partial charge in [0.2, 0.25) is 0 Å². The van der Waals surface area contributed by atoms with E-state index in [1.807, 2.05) is 4.90 Å². The highest BCUT2D eigenvalue weighted by molar-refractivity contribution is 5.95. The van der Waals surface area contributed by atoms with E-state index in [9.17, 15) is 15.0 Å².